The SMILES string of the molecule is CC(C)(CNC(=O)N1CCN(C(=O)c2ccco2)CC1)c1ccc(Cl)cc1. The summed E-state index contributed by atoms with van der Waals surface area (Å²) in [5.74, 6) is 0.196. The van der Waals surface area contributed by atoms with Crippen molar-refractivity contribution < 1.29 is 14.0 Å². The van der Waals surface area contributed by atoms with Gasteiger partial charge in [-0.3, -0.25) is 4.79 Å². The van der Waals surface area contributed by atoms with Crippen LogP contribution in [0.1, 0.15) is 30.0 Å². The van der Waals surface area contributed by atoms with Gasteiger partial charge in [0.1, 0.15) is 0 Å². The fourth-order valence-electron chi connectivity index (χ4n) is 3.08. The molecule has 1 fully saturated rings. The van der Waals surface area contributed by atoms with Crippen LogP contribution in [0.5, 0.6) is 0 Å². The van der Waals surface area contributed by atoms with Gasteiger partial charge in [-0.15, -0.1) is 0 Å². The molecule has 0 atom stereocenters. The van der Waals surface area contributed by atoms with Gasteiger partial charge in [-0.2, -0.15) is 0 Å². The zero-order chi connectivity index (χ0) is 19.4. The molecule has 1 saturated heterocycles. The van der Waals surface area contributed by atoms with Crippen LogP contribution in [0.2, 0.25) is 5.02 Å². The molecular formula is C20H24ClN3O3. The van der Waals surface area contributed by atoms with Gasteiger partial charge in [-0.25, -0.2) is 4.79 Å². The van der Waals surface area contributed by atoms with Crippen LogP contribution in [0.25, 0.3) is 0 Å². The summed E-state index contributed by atoms with van der Waals surface area (Å²) in [6.07, 6.45) is 1.49. The molecule has 0 aliphatic carbocycles. The average Bonchev–Trinajstić information content (AvgIpc) is 3.21. The van der Waals surface area contributed by atoms with Gasteiger partial charge < -0.3 is 19.5 Å². The molecule has 0 bridgehead atoms. The number of hydrogen-bond donors (Lipinski definition) is 1. The largest absolute Gasteiger partial charge is 0.459 e. The molecule has 3 amide bonds. The zero-order valence-corrected chi connectivity index (χ0v) is 16.3. The topological polar surface area (TPSA) is 65.8 Å². The first-order valence-electron chi connectivity index (χ1n) is 8.98. The Morgan fingerprint density at radius 2 is 1.70 bits per heavy atom. The number of nitrogens with one attached hydrogen (secondary N) is 1. The second kappa shape index (κ2) is 8.05. The van der Waals surface area contributed by atoms with E-state index in [1.807, 2.05) is 24.3 Å². The van der Waals surface area contributed by atoms with Crippen molar-refractivity contribution in [1.29, 1.82) is 0 Å². The molecule has 1 aliphatic rings. The second-order valence-corrected chi connectivity index (χ2v) is 7.74. The summed E-state index contributed by atoms with van der Waals surface area (Å²) in [6.45, 7) is 6.66. The van der Waals surface area contributed by atoms with Crippen molar-refractivity contribution in [3.8, 4) is 0 Å². The van der Waals surface area contributed by atoms with Crippen LogP contribution in [0.4, 0.5) is 4.79 Å². The number of nitrogens with zero attached hydrogens (tertiary/aromatic N) is 2. The highest BCUT2D eigenvalue weighted by molar-refractivity contribution is 6.30. The van der Waals surface area contributed by atoms with Gasteiger partial charge in [0, 0.05) is 43.2 Å². The number of hydrogen-bond acceptors (Lipinski definition) is 3. The molecule has 1 N–H and O–H groups in total. The number of amides is 3. The van der Waals surface area contributed by atoms with Crippen LogP contribution in [0, 0.1) is 0 Å². The van der Waals surface area contributed by atoms with E-state index in [2.05, 4.69) is 19.2 Å². The van der Waals surface area contributed by atoms with Crippen LogP contribution in [0.3, 0.4) is 0 Å². The molecule has 0 spiro atoms. The van der Waals surface area contributed by atoms with Gasteiger partial charge in [0.2, 0.25) is 0 Å². The Labute approximate surface area is 164 Å². The molecule has 0 unspecified atom stereocenters. The lowest BCUT2D eigenvalue weighted by atomic mass is 9.85. The summed E-state index contributed by atoms with van der Waals surface area (Å²) in [4.78, 5) is 28.2. The lowest BCUT2D eigenvalue weighted by Gasteiger charge is -2.35. The Hall–Kier alpha value is -2.47. The number of halogens is 1. The second-order valence-electron chi connectivity index (χ2n) is 7.31. The first kappa shape index (κ1) is 19.3. The standard InChI is InChI=1S/C20H24ClN3O3/c1-20(2,15-5-7-16(21)8-6-15)14-22-19(26)24-11-9-23(10-12-24)18(25)17-4-3-13-27-17/h3-8,13H,9-12,14H2,1-2H3,(H,22,26). The first-order valence-corrected chi connectivity index (χ1v) is 9.36. The number of urea groups is 1. The number of rotatable bonds is 4. The van der Waals surface area contributed by atoms with E-state index in [9.17, 15) is 9.59 Å². The fraction of sp³-hybridized carbons (Fsp3) is 0.400. The van der Waals surface area contributed by atoms with Gasteiger partial charge >= 0.3 is 6.03 Å². The van der Waals surface area contributed by atoms with Gasteiger partial charge in [0.05, 0.1) is 6.26 Å². The van der Waals surface area contributed by atoms with Crippen LogP contribution >= 0.6 is 11.6 Å². The molecule has 0 radical (unpaired) electrons. The molecule has 0 saturated carbocycles. The van der Waals surface area contributed by atoms with E-state index >= 15 is 0 Å². The van der Waals surface area contributed by atoms with Crippen molar-refractivity contribution in [3.05, 3.63) is 59.0 Å². The summed E-state index contributed by atoms with van der Waals surface area (Å²) in [5, 5.41) is 3.70. The third-order valence-electron chi connectivity index (χ3n) is 4.89. The third kappa shape index (κ3) is 4.63. The lowest BCUT2D eigenvalue weighted by molar-refractivity contribution is 0.0633. The van der Waals surface area contributed by atoms with Crippen molar-refractivity contribution in [2.45, 2.75) is 19.3 Å². The molecule has 1 aliphatic heterocycles. The summed E-state index contributed by atoms with van der Waals surface area (Å²) in [7, 11) is 0. The number of piperazine rings is 1. The maximum Gasteiger partial charge on any atom is 0.317 e. The van der Waals surface area contributed by atoms with E-state index in [4.69, 9.17) is 16.0 Å². The highest BCUT2D eigenvalue weighted by Gasteiger charge is 2.27. The van der Waals surface area contributed by atoms with Gasteiger partial charge in [0.25, 0.3) is 5.91 Å². The Balaban J connectivity index is 1.49. The molecule has 144 valence electrons. The fourth-order valence-corrected chi connectivity index (χ4v) is 3.21. The van der Waals surface area contributed by atoms with Crippen LogP contribution < -0.4 is 5.32 Å². The molecule has 2 aromatic rings. The highest BCUT2D eigenvalue weighted by atomic mass is 35.5. The van der Waals surface area contributed by atoms with Crippen molar-refractivity contribution in [1.82, 2.24) is 15.1 Å². The van der Waals surface area contributed by atoms with Crippen LogP contribution in [-0.2, 0) is 5.41 Å². The van der Waals surface area contributed by atoms with E-state index in [-0.39, 0.29) is 17.4 Å². The molecule has 7 heteroatoms. The van der Waals surface area contributed by atoms with Gasteiger partial charge in [0.15, 0.2) is 5.76 Å². The smallest absolute Gasteiger partial charge is 0.317 e. The maximum absolute atomic E-state index is 12.5. The molecule has 3 rings (SSSR count). The van der Waals surface area contributed by atoms with Crippen LogP contribution in [0.15, 0.2) is 47.1 Å². The van der Waals surface area contributed by atoms with Crippen molar-refractivity contribution in [3.63, 3.8) is 0 Å². The summed E-state index contributed by atoms with van der Waals surface area (Å²) in [6, 6.07) is 10.9. The monoisotopic (exact) mass is 389 g/mol. The van der Waals surface area contributed by atoms with Crippen molar-refractivity contribution in [2.24, 2.45) is 0 Å². The molecule has 1 aromatic heterocycles. The summed E-state index contributed by atoms with van der Waals surface area (Å²) >= 11 is 5.95. The van der Waals surface area contributed by atoms with Crippen molar-refractivity contribution in [2.75, 3.05) is 32.7 Å². The van der Waals surface area contributed by atoms with Gasteiger partial charge in [-0.05, 0) is 29.8 Å². The van der Waals surface area contributed by atoms with E-state index in [1.165, 1.54) is 6.26 Å². The number of furan rings is 1. The summed E-state index contributed by atoms with van der Waals surface area (Å²) in [5.41, 5.74) is 0.901. The zero-order valence-electron chi connectivity index (χ0n) is 15.6. The Morgan fingerprint density at radius 3 is 2.30 bits per heavy atom. The minimum Gasteiger partial charge on any atom is -0.459 e. The minimum atomic E-state index is -0.211. The molecule has 6 nitrogen and oxygen atoms in total. The average molecular weight is 390 g/mol. The quantitative estimate of drug-likeness (QED) is 0.871. The highest BCUT2D eigenvalue weighted by Crippen LogP contribution is 2.24. The number of carbonyl (C=O) groups is 2. The first-order chi connectivity index (χ1) is 12.9. The normalized spacial score (nSPS) is 14.9. The Kier molecular flexibility index (Phi) is 5.75. The predicted molar refractivity (Wildman–Crippen MR) is 104 cm³/mol. The van der Waals surface area contributed by atoms with E-state index < -0.39 is 0 Å². The Bertz CT molecular complexity index is 779. The van der Waals surface area contributed by atoms with Gasteiger partial charge in [-0.1, -0.05) is 37.6 Å². The molecular weight excluding hydrogens is 366 g/mol. The van der Waals surface area contributed by atoms with E-state index in [0.29, 0.717) is 43.5 Å². The van der Waals surface area contributed by atoms with Crippen molar-refractivity contribution >= 4 is 23.5 Å². The predicted octanol–water partition coefficient (Wildman–Crippen LogP) is 3.38. The number of benzene rings is 1. The van der Waals surface area contributed by atoms with E-state index in [0.717, 1.165) is 5.56 Å². The summed E-state index contributed by atoms with van der Waals surface area (Å²) < 4.78 is 5.16. The minimum absolute atomic E-state index is 0.109. The molecule has 27 heavy (non-hydrogen) atoms. The molecule has 1 aromatic carbocycles. The van der Waals surface area contributed by atoms with E-state index in [1.54, 1.807) is 21.9 Å². The number of carbonyl (C=O) groups excluding carboxylic acids is 2. The third-order valence-corrected chi connectivity index (χ3v) is 5.15. The van der Waals surface area contributed by atoms with Crippen LogP contribution in [-0.4, -0.2) is 54.5 Å². The lowest BCUT2D eigenvalue weighted by Crippen LogP contribution is -2.54. The maximum atomic E-state index is 12.5. The Morgan fingerprint density at radius 1 is 1.07 bits per heavy atom. The molecule has 2 heterocycles.